The Hall–Kier alpha value is -1.39. The number of likely N-dealkylation sites (tertiary alicyclic amines) is 2. The highest BCUT2D eigenvalue weighted by Crippen LogP contribution is 2.23. The molecule has 4 heteroatoms. The van der Waals surface area contributed by atoms with Gasteiger partial charge in [-0.25, -0.2) is 0 Å². The van der Waals surface area contributed by atoms with E-state index >= 15 is 0 Å². The number of aryl methyl sites for hydroxylation is 1. The number of nitrogens with zero attached hydrogens (tertiary/aromatic N) is 2. The van der Waals surface area contributed by atoms with E-state index in [1.54, 1.807) is 0 Å². The van der Waals surface area contributed by atoms with Crippen LogP contribution in [-0.4, -0.2) is 48.4 Å². The maximum Gasteiger partial charge on any atom is 0.244 e. The van der Waals surface area contributed by atoms with Gasteiger partial charge in [0.25, 0.3) is 0 Å². The van der Waals surface area contributed by atoms with Gasteiger partial charge in [0.2, 0.25) is 5.91 Å². The third kappa shape index (κ3) is 4.12. The topological polar surface area (TPSA) is 49.6 Å². The molecule has 1 aromatic rings. The van der Waals surface area contributed by atoms with Gasteiger partial charge >= 0.3 is 0 Å². The van der Waals surface area contributed by atoms with Crippen LogP contribution in [0.2, 0.25) is 0 Å². The Balaban J connectivity index is 1.53. The lowest BCUT2D eigenvalue weighted by Gasteiger charge is -2.29. The number of hydrogen-bond acceptors (Lipinski definition) is 3. The molecular weight excluding hydrogens is 286 g/mol. The Morgan fingerprint density at radius 1 is 1.17 bits per heavy atom. The predicted octanol–water partition coefficient (Wildman–Crippen LogP) is 2.33. The summed E-state index contributed by atoms with van der Waals surface area (Å²) in [4.78, 5) is 17.2. The van der Waals surface area contributed by atoms with Gasteiger partial charge in [-0.05, 0) is 50.8 Å². The molecule has 2 N–H and O–H groups in total. The summed E-state index contributed by atoms with van der Waals surface area (Å²) in [5, 5.41) is 0. The summed E-state index contributed by atoms with van der Waals surface area (Å²) < 4.78 is 0. The molecule has 1 aromatic carbocycles. The molecular formula is C19H29N3O. The summed E-state index contributed by atoms with van der Waals surface area (Å²) in [6.45, 7) is 7.37. The van der Waals surface area contributed by atoms with Crippen LogP contribution in [0, 0.1) is 12.8 Å². The van der Waals surface area contributed by atoms with E-state index in [2.05, 4.69) is 4.90 Å². The number of piperidine rings is 1. The monoisotopic (exact) mass is 315 g/mol. The summed E-state index contributed by atoms with van der Waals surface area (Å²) in [6.07, 6.45) is 5.14. The summed E-state index contributed by atoms with van der Waals surface area (Å²) in [5.74, 6) is 0.692. The highest BCUT2D eigenvalue weighted by molar-refractivity contribution is 5.83. The van der Waals surface area contributed by atoms with Crippen molar-refractivity contribution in [1.82, 2.24) is 9.80 Å². The third-order valence-corrected chi connectivity index (χ3v) is 5.27. The van der Waals surface area contributed by atoms with E-state index in [1.165, 1.54) is 37.9 Å². The van der Waals surface area contributed by atoms with Gasteiger partial charge in [0.15, 0.2) is 0 Å². The Kier molecular flexibility index (Phi) is 5.34. The normalized spacial score (nSPS) is 23.9. The second kappa shape index (κ2) is 7.45. The molecule has 0 saturated carbocycles. The van der Waals surface area contributed by atoms with Crippen LogP contribution in [0.15, 0.2) is 24.3 Å². The van der Waals surface area contributed by atoms with Crippen molar-refractivity contribution in [2.24, 2.45) is 11.7 Å². The minimum Gasteiger partial charge on any atom is -0.341 e. The molecule has 2 aliphatic rings. The number of benzene rings is 1. The lowest BCUT2D eigenvalue weighted by atomic mass is 10.0. The molecule has 0 spiro atoms. The standard InChI is InChI=1S/C19H29N3O/c1-15-5-7-17(8-6-15)18(20)19(23)22-12-9-16(14-22)13-21-10-3-2-4-11-21/h5-8,16,18H,2-4,9-14,20H2,1H3. The molecule has 2 unspecified atom stereocenters. The maximum atomic E-state index is 12.7. The van der Waals surface area contributed by atoms with Crippen LogP contribution in [0.25, 0.3) is 0 Å². The van der Waals surface area contributed by atoms with Crippen molar-refractivity contribution in [2.75, 3.05) is 32.7 Å². The lowest BCUT2D eigenvalue weighted by Crippen LogP contribution is -2.39. The maximum absolute atomic E-state index is 12.7. The fraction of sp³-hybridized carbons (Fsp3) is 0.632. The predicted molar refractivity (Wildman–Crippen MR) is 93.1 cm³/mol. The quantitative estimate of drug-likeness (QED) is 0.928. The molecule has 2 saturated heterocycles. The van der Waals surface area contributed by atoms with Crippen LogP contribution < -0.4 is 5.73 Å². The molecule has 0 aromatic heterocycles. The number of amides is 1. The fourth-order valence-electron chi connectivity index (χ4n) is 3.80. The van der Waals surface area contributed by atoms with Crippen molar-refractivity contribution in [2.45, 2.75) is 38.6 Å². The Morgan fingerprint density at radius 2 is 1.87 bits per heavy atom. The van der Waals surface area contributed by atoms with Crippen LogP contribution in [0.4, 0.5) is 0 Å². The zero-order valence-electron chi connectivity index (χ0n) is 14.2. The zero-order chi connectivity index (χ0) is 16.2. The van der Waals surface area contributed by atoms with E-state index < -0.39 is 6.04 Å². The molecule has 1 amide bonds. The molecule has 2 aliphatic heterocycles. The van der Waals surface area contributed by atoms with E-state index in [9.17, 15) is 4.79 Å². The third-order valence-electron chi connectivity index (χ3n) is 5.27. The summed E-state index contributed by atoms with van der Waals surface area (Å²) in [7, 11) is 0. The van der Waals surface area contributed by atoms with Gasteiger partial charge in [-0.3, -0.25) is 4.79 Å². The summed E-state index contributed by atoms with van der Waals surface area (Å²) in [5.41, 5.74) is 8.30. The number of hydrogen-bond donors (Lipinski definition) is 1. The van der Waals surface area contributed by atoms with Crippen LogP contribution in [0.5, 0.6) is 0 Å². The zero-order valence-corrected chi connectivity index (χ0v) is 14.2. The molecule has 0 aliphatic carbocycles. The first kappa shape index (κ1) is 16.5. The van der Waals surface area contributed by atoms with Crippen LogP contribution >= 0.6 is 0 Å². The Morgan fingerprint density at radius 3 is 2.57 bits per heavy atom. The molecule has 2 fully saturated rings. The van der Waals surface area contributed by atoms with Gasteiger partial charge in [-0.15, -0.1) is 0 Å². The minimum absolute atomic E-state index is 0.0787. The number of carbonyl (C=O) groups excluding carboxylic acids is 1. The van der Waals surface area contributed by atoms with E-state index in [0.717, 1.165) is 31.6 Å². The first-order chi connectivity index (χ1) is 11.1. The van der Waals surface area contributed by atoms with E-state index in [4.69, 9.17) is 5.73 Å². The smallest absolute Gasteiger partial charge is 0.244 e. The first-order valence-corrected chi connectivity index (χ1v) is 8.97. The summed E-state index contributed by atoms with van der Waals surface area (Å²) >= 11 is 0. The first-order valence-electron chi connectivity index (χ1n) is 8.97. The molecule has 4 nitrogen and oxygen atoms in total. The molecule has 0 bridgehead atoms. The largest absolute Gasteiger partial charge is 0.341 e. The van der Waals surface area contributed by atoms with Crippen molar-refractivity contribution in [3.63, 3.8) is 0 Å². The van der Waals surface area contributed by atoms with Gasteiger partial charge < -0.3 is 15.5 Å². The lowest BCUT2D eigenvalue weighted by molar-refractivity contribution is -0.131. The average molecular weight is 315 g/mol. The van der Waals surface area contributed by atoms with Gasteiger partial charge in [0, 0.05) is 19.6 Å². The van der Waals surface area contributed by atoms with E-state index in [0.29, 0.717) is 5.92 Å². The number of carbonyl (C=O) groups is 1. The van der Waals surface area contributed by atoms with Crippen molar-refractivity contribution in [3.8, 4) is 0 Å². The van der Waals surface area contributed by atoms with Crippen LogP contribution in [-0.2, 0) is 4.79 Å². The highest BCUT2D eigenvalue weighted by Gasteiger charge is 2.31. The van der Waals surface area contributed by atoms with Crippen molar-refractivity contribution in [3.05, 3.63) is 35.4 Å². The van der Waals surface area contributed by atoms with E-state index in [1.807, 2.05) is 36.1 Å². The molecule has 0 radical (unpaired) electrons. The Bertz CT molecular complexity index is 522. The summed E-state index contributed by atoms with van der Waals surface area (Å²) in [6, 6.07) is 7.46. The molecule has 2 heterocycles. The van der Waals surface area contributed by atoms with Gasteiger partial charge in [-0.1, -0.05) is 36.2 Å². The fourth-order valence-corrected chi connectivity index (χ4v) is 3.80. The van der Waals surface area contributed by atoms with Gasteiger partial charge in [0.1, 0.15) is 6.04 Å². The van der Waals surface area contributed by atoms with Gasteiger partial charge in [-0.2, -0.15) is 0 Å². The highest BCUT2D eigenvalue weighted by atomic mass is 16.2. The van der Waals surface area contributed by atoms with Crippen LogP contribution in [0.1, 0.15) is 42.9 Å². The average Bonchev–Trinajstić information content (AvgIpc) is 3.03. The van der Waals surface area contributed by atoms with Crippen molar-refractivity contribution >= 4 is 5.91 Å². The van der Waals surface area contributed by atoms with E-state index in [-0.39, 0.29) is 5.91 Å². The van der Waals surface area contributed by atoms with Crippen molar-refractivity contribution in [1.29, 1.82) is 0 Å². The van der Waals surface area contributed by atoms with Gasteiger partial charge in [0.05, 0.1) is 0 Å². The minimum atomic E-state index is -0.524. The van der Waals surface area contributed by atoms with Crippen LogP contribution in [0.3, 0.4) is 0 Å². The number of nitrogens with two attached hydrogens (primary N) is 1. The van der Waals surface area contributed by atoms with Crippen molar-refractivity contribution < 1.29 is 4.79 Å². The second-order valence-corrected chi connectivity index (χ2v) is 7.19. The molecule has 23 heavy (non-hydrogen) atoms. The molecule has 2 atom stereocenters. The molecule has 126 valence electrons. The molecule has 3 rings (SSSR count). The Labute approximate surface area is 139 Å². The SMILES string of the molecule is Cc1ccc(C(N)C(=O)N2CCC(CN3CCCCC3)C2)cc1. The number of rotatable bonds is 4. The second-order valence-electron chi connectivity index (χ2n) is 7.19.